The Morgan fingerprint density at radius 2 is 1.87 bits per heavy atom. The minimum absolute atomic E-state index is 0.277. The summed E-state index contributed by atoms with van der Waals surface area (Å²) < 4.78 is 13.3. The molecule has 1 N–H and O–H groups in total. The lowest BCUT2D eigenvalue weighted by molar-refractivity contribution is 0.632. The number of benzene rings is 1. The van der Waals surface area contributed by atoms with Gasteiger partial charge in [0.1, 0.15) is 11.6 Å². The predicted molar refractivity (Wildman–Crippen MR) is 58.7 cm³/mol. The van der Waals surface area contributed by atoms with Gasteiger partial charge in [0.05, 0.1) is 5.69 Å². The molecule has 0 aliphatic carbocycles. The minimum atomic E-state index is -0.277. The summed E-state index contributed by atoms with van der Waals surface area (Å²) in [4.78, 5) is 4.23. The minimum Gasteiger partial charge on any atom is -0.338 e. The molecule has 1 heterocycles. The van der Waals surface area contributed by atoms with E-state index in [9.17, 15) is 4.39 Å². The number of halogens is 1. The zero-order valence-corrected chi connectivity index (χ0v) is 8.37. The monoisotopic (exact) mass is 202 g/mol. The Labute approximate surface area is 87.8 Å². The van der Waals surface area contributed by atoms with E-state index < -0.39 is 0 Å². The first-order valence-corrected chi connectivity index (χ1v) is 4.71. The fourth-order valence-corrected chi connectivity index (χ4v) is 1.31. The molecule has 0 atom stereocenters. The van der Waals surface area contributed by atoms with Crippen LogP contribution in [0.25, 0.3) is 0 Å². The molecule has 2 nitrogen and oxygen atoms in total. The van der Waals surface area contributed by atoms with E-state index in [1.165, 1.54) is 6.07 Å². The molecule has 1 aromatic heterocycles. The average molecular weight is 202 g/mol. The van der Waals surface area contributed by atoms with Crippen molar-refractivity contribution in [3.05, 3.63) is 54.0 Å². The highest BCUT2D eigenvalue weighted by Gasteiger charge is 2.00. The Morgan fingerprint density at radius 3 is 2.60 bits per heavy atom. The third kappa shape index (κ3) is 2.31. The third-order valence-corrected chi connectivity index (χ3v) is 2.02. The van der Waals surface area contributed by atoms with Crippen LogP contribution in [0.3, 0.4) is 0 Å². The molecule has 0 aliphatic rings. The second kappa shape index (κ2) is 4.09. The van der Waals surface area contributed by atoms with Crippen molar-refractivity contribution in [2.24, 2.45) is 0 Å². The number of anilines is 2. The number of nitrogens with one attached hydrogen (secondary N) is 1. The van der Waals surface area contributed by atoms with Crippen molar-refractivity contribution in [1.29, 1.82) is 0 Å². The Kier molecular flexibility index (Phi) is 2.63. The van der Waals surface area contributed by atoms with Crippen molar-refractivity contribution in [2.45, 2.75) is 6.92 Å². The molecule has 0 fully saturated rings. The van der Waals surface area contributed by atoms with E-state index in [0.29, 0.717) is 11.5 Å². The van der Waals surface area contributed by atoms with Gasteiger partial charge in [0.2, 0.25) is 0 Å². The van der Waals surface area contributed by atoms with E-state index in [1.54, 1.807) is 24.3 Å². The first kappa shape index (κ1) is 9.65. The number of aromatic nitrogens is 1. The molecule has 3 heteroatoms. The number of nitrogens with zero attached hydrogens (tertiary/aromatic N) is 1. The molecule has 0 saturated heterocycles. The van der Waals surface area contributed by atoms with Gasteiger partial charge in [-0.15, -0.1) is 0 Å². The van der Waals surface area contributed by atoms with Gasteiger partial charge in [0, 0.05) is 5.69 Å². The van der Waals surface area contributed by atoms with Gasteiger partial charge in [-0.1, -0.05) is 18.2 Å². The van der Waals surface area contributed by atoms with Crippen LogP contribution in [0.2, 0.25) is 0 Å². The molecular weight excluding hydrogens is 191 g/mol. The standard InChI is InChI=1S/C12H11FN2/c1-9-5-4-8-12(14-9)15-11-7-3-2-6-10(11)13/h2-8H,1H3,(H,14,15). The highest BCUT2D eigenvalue weighted by molar-refractivity contribution is 5.56. The normalized spacial score (nSPS) is 10.0. The summed E-state index contributed by atoms with van der Waals surface area (Å²) in [5.41, 5.74) is 1.34. The van der Waals surface area contributed by atoms with Crippen LogP contribution < -0.4 is 5.32 Å². The Bertz CT molecular complexity index is 469. The number of rotatable bonds is 2. The molecule has 15 heavy (non-hydrogen) atoms. The lowest BCUT2D eigenvalue weighted by atomic mass is 10.3. The van der Waals surface area contributed by atoms with Crippen molar-refractivity contribution < 1.29 is 4.39 Å². The number of pyridine rings is 1. The summed E-state index contributed by atoms with van der Waals surface area (Å²) in [6.45, 7) is 1.90. The molecule has 1 aromatic carbocycles. The Morgan fingerprint density at radius 1 is 1.07 bits per heavy atom. The largest absolute Gasteiger partial charge is 0.338 e. The molecule has 0 saturated carbocycles. The van der Waals surface area contributed by atoms with Crippen LogP contribution in [0.15, 0.2) is 42.5 Å². The van der Waals surface area contributed by atoms with Gasteiger partial charge < -0.3 is 5.32 Å². The fraction of sp³-hybridized carbons (Fsp3) is 0.0833. The lowest BCUT2D eigenvalue weighted by Crippen LogP contribution is -1.96. The average Bonchev–Trinajstić information content (AvgIpc) is 2.22. The molecule has 0 bridgehead atoms. The van der Waals surface area contributed by atoms with E-state index in [-0.39, 0.29) is 5.82 Å². The topological polar surface area (TPSA) is 24.9 Å². The molecule has 0 aliphatic heterocycles. The van der Waals surface area contributed by atoms with Crippen LogP contribution in [0, 0.1) is 12.7 Å². The Hall–Kier alpha value is -1.90. The Balaban J connectivity index is 2.26. The van der Waals surface area contributed by atoms with Crippen LogP contribution in [0.5, 0.6) is 0 Å². The zero-order valence-electron chi connectivity index (χ0n) is 8.37. The van der Waals surface area contributed by atoms with E-state index in [0.717, 1.165) is 5.69 Å². The van der Waals surface area contributed by atoms with E-state index in [4.69, 9.17) is 0 Å². The van der Waals surface area contributed by atoms with Gasteiger partial charge in [-0.05, 0) is 31.2 Å². The fourth-order valence-electron chi connectivity index (χ4n) is 1.31. The van der Waals surface area contributed by atoms with Crippen molar-refractivity contribution in [3.8, 4) is 0 Å². The SMILES string of the molecule is Cc1cccc(Nc2ccccc2F)n1. The van der Waals surface area contributed by atoms with Gasteiger partial charge in [-0.25, -0.2) is 9.37 Å². The van der Waals surface area contributed by atoms with E-state index in [2.05, 4.69) is 10.3 Å². The van der Waals surface area contributed by atoms with Gasteiger partial charge in [-0.2, -0.15) is 0 Å². The van der Waals surface area contributed by atoms with Crippen molar-refractivity contribution in [2.75, 3.05) is 5.32 Å². The highest BCUT2D eigenvalue weighted by atomic mass is 19.1. The molecule has 0 radical (unpaired) electrons. The van der Waals surface area contributed by atoms with Crippen molar-refractivity contribution >= 4 is 11.5 Å². The molecule has 0 unspecified atom stereocenters. The van der Waals surface area contributed by atoms with Crippen LogP contribution in [-0.4, -0.2) is 4.98 Å². The molecule has 76 valence electrons. The third-order valence-electron chi connectivity index (χ3n) is 2.02. The second-order valence-electron chi connectivity index (χ2n) is 3.27. The van der Waals surface area contributed by atoms with E-state index in [1.807, 2.05) is 19.1 Å². The molecule has 2 aromatic rings. The highest BCUT2D eigenvalue weighted by Crippen LogP contribution is 2.17. The first-order chi connectivity index (χ1) is 7.25. The van der Waals surface area contributed by atoms with Crippen LogP contribution in [0.1, 0.15) is 5.69 Å². The van der Waals surface area contributed by atoms with Crippen LogP contribution in [0.4, 0.5) is 15.9 Å². The first-order valence-electron chi connectivity index (χ1n) is 4.71. The summed E-state index contributed by atoms with van der Waals surface area (Å²) in [7, 11) is 0. The maximum atomic E-state index is 13.3. The smallest absolute Gasteiger partial charge is 0.146 e. The number of aryl methyl sites for hydroxylation is 1. The van der Waals surface area contributed by atoms with Crippen molar-refractivity contribution in [1.82, 2.24) is 4.98 Å². The molecule has 2 rings (SSSR count). The number of hydrogen-bond acceptors (Lipinski definition) is 2. The predicted octanol–water partition coefficient (Wildman–Crippen LogP) is 3.27. The second-order valence-corrected chi connectivity index (χ2v) is 3.27. The number of hydrogen-bond donors (Lipinski definition) is 1. The molecule has 0 spiro atoms. The quantitative estimate of drug-likeness (QED) is 0.808. The maximum Gasteiger partial charge on any atom is 0.146 e. The van der Waals surface area contributed by atoms with Gasteiger partial charge in [0.15, 0.2) is 0 Å². The maximum absolute atomic E-state index is 13.3. The summed E-state index contributed by atoms with van der Waals surface area (Å²) in [5, 5.41) is 2.93. The number of para-hydroxylation sites is 1. The molecule has 0 amide bonds. The lowest BCUT2D eigenvalue weighted by Gasteiger charge is -2.06. The zero-order chi connectivity index (χ0) is 10.7. The summed E-state index contributed by atoms with van der Waals surface area (Å²) in [6, 6.07) is 12.1. The summed E-state index contributed by atoms with van der Waals surface area (Å²) >= 11 is 0. The van der Waals surface area contributed by atoms with Gasteiger partial charge in [0.25, 0.3) is 0 Å². The molecular formula is C12H11FN2. The van der Waals surface area contributed by atoms with Gasteiger partial charge >= 0.3 is 0 Å². The van der Waals surface area contributed by atoms with E-state index >= 15 is 0 Å². The van der Waals surface area contributed by atoms with Gasteiger partial charge in [-0.3, -0.25) is 0 Å². The van der Waals surface area contributed by atoms with Crippen LogP contribution >= 0.6 is 0 Å². The van der Waals surface area contributed by atoms with Crippen molar-refractivity contribution in [3.63, 3.8) is 0 Å². The summed E-state index contributed by atoms with van der Waals surface area (Å²) in [5.74, 6) is 0.376. The van der Waals surface area contributed by atoms with Crippen LogP contribution in [-0.2, 0) is 0 Å². The summed E-state index contributed by atoms with van der Waals surface area (Å²) in [6.07, 6.45) is 0.